The minimum absolute atomic E-state index is 0.180. The molecular formula is C23H41NO. The van der Waals surface area contributed by atoms with Crippen LogP contribution in [0.4, 0.5) is 0 Å². The van der Waals surface area contributed by atoms with Crippen molar-refractivity contribution >= 4 is 0 Å². The number of nitriles is 1. The lowest BCUT2D eigenvalue weighted by Crippen LogP contribution is -2.34. The van der Waals surface area contributed by atoms with E-state index in [0.29, 0.717) is 12.7 Å². The van der Waals surface area contributed by atoms with Gasteiger partial charge in [-0.3, -0.25) is 0 Å². The van der Waals surface area contributed by atoms with Crippen molar-refractivity contribution in [3.63, 3.8) is 0 Å². The van der Waals surface area contributed by atoms with E-state index in [-0.39, 0.29) is 5.41 Å². The summed E-state index contributed by atoms with van der Waals surface area (Å²) in [4.78, 5) is 0. The van der Waals surface area contributed by atoms with Crippen LogP contribution in [0, 0.1) is 28.6 Å². The summed E-state index contributed by atoms with van der Waals surface area (Å²) in [5.41, 5.74) is -0.180. The van der Waals surface area contributed by atoms with Crippen LogP contribution in [0.1, 0.15) is 110 Å². The molecule has 0 atom stereocenters. The van der Waals surface area contributed by atoms with Gasteiger partial charge >= 0.3 is 0 Å². The van der Waals surface area contributed by atoms with Crippen molar-refractivity contribution in [2.75, 3.05) is 6.61 Å². The van der Waals surface area contributed by atoms with Crippen molar-refractivity contribution in [2.24, 2.45) is 17.3 Å². The number of hydrogen-bond donors (Lipinski definition) is 0. The Morgan fingerprint density at radius 2 is 1.52 bits per heavy atom. The highest BCUT2D eigenvalue weighted by Crippen LogP contribution is 2.41. The van der Waals surface area contributed by atoms with Crippen molar-refractivity contribution < 1.29 is 4.74 Å². The highest BCUT2D eigenvalue weighted by Gasteiger charge is 2.36. The second kappa shape index (κ2) is 11.2. The molecule has 0 spiro atoms. The zero-order valence-corrected chi connectivity index (χ0v) is 16.9. The van der Waals surface area contributed by atoms with Gasteiger partial charge in [0.15, 0.2) is 0 Å². The van der Waals surface area contributed by atoms with Crippen molar-refractivity contribution in [3.05, 3.63) is 0 Å². The van der Waals surface area contributed by atoms with Crippen LogP contribution in [0.5, 0.6) is 0 Å². The van der Waals surface area contributed by atoms with Crippen LogP contribution in [0.25, 0.3) is 0 Å². The molecule has 0 aromatic rings. The predicted octanol–water partition coefficient (Wildman–Crippen LogP) is 7.03. The van der Waals surface area contributed by atoms with Crippen LogP contribution in [-0.4, -0.2) is 12.7 Å². The first kappa shape index (κ1) is 20.8. The van der Waals surface area contributed by atoms with Crippen molar-refractivity contribution in [1.29, 1.82) is 5.26 Å². The molecule has 2 saturated carbocycles. The van der Waals surface area contributed by atoms with Crippen molar-refractivity contribution in [3.8, 4) is 6.07 Å². The minimum atomic E-state index is -0.180. The normalized spacial score (nSPS) is 33.1. The molecule has 2 nitrogen and oxygen atoms in total. The lowest BCUT2D eigenvalue weighted by atomic mass is 9.70. The van der Waals surface area contributed by atoms with Crippen molar-refractivity contribution in [2.45, 2.75) is 116 Å². The van der Waals surface area contributed by atoms with Gasteiger partial charge in [-0.2, -0.15) is 5.26 Å². The summed E-state index contributed by atoms with van der Waals surface area (Å²) < 4.78 is 6.27. The number of hydrogen-bond acceptors (Lipinski definition) is 2. The van der Waals surface area contributed by atoms with Gasteiger partial charge in [-0.15, -0.1) is 0 Å². The van der Waals surface area contributed by atoms with Crippen LogP contribution >= 0.6 is 0 Å². The fourth-order valence-electron chi connectivity index (χ4n) is 4.94. The van der Waals surface area contributed by atoms with Gasteiger partial charge in [0.2, 0.25) is 0 Å². The first-order valence-electron chi connectivity index (χ1n) is 11.2. The SMILES string of the molecule is CCCCCCC1CCC(C#N)(COC2CCC(CCC)CC2)CC1. The minimum Gasteiger partial charge on any atom is -0.377 e. The van der Waals surface area contributed by atoms with E-state index >= 15 is 0 Å². The molecule has 0 bridgehead atoms. The molecular weight excluding hydrogens is 306 g/mol. The Morgan fingerprint density at radius 3 is 2.12 bits per heavy atom. The van der Waals surface area contributed by atoms with Gasteiger partial charge in [-0.1, -0.05) is 58.8 Å². The third kappa shape index (κ3) is 6.93. The Morgan fingerprint density at radius 1 is 0.840 bits per heavy atom. The average Bonchev–Trinajstić information content (AvgIpc) is 2.66. The molecule has 0 aromatic heterocycles. The van der Waals surface area contributed by atoms with E-state index in [9.17, 15) is 5.26 Å². The molecule has 2 aliphatic rings. The van der Waals surface area contributed by atoms with E-state index in [0.717, 1.165) is 24.7 Å². The Balaban J connectivity index is 1.66. The zero-order valence-electron chi connectivity index (χ0n) is 16.9. The van der Waals surface area contributed by atoms with Gasteiger partial charge in [0.05, 0.1) is 24.2 Å². The van der Waals surface area contributed by atoms with E-state index in [1.807, 2.05) is 0 Å². The van der Waals surface area contributed by atoms with Gasteiger partial charge in [-0.05, 0) is 63.2 Å². The number of unbranched alkanes of at least 4 members (excludes halogenated alkanes) is 3. The summed E-state index contributed by atoms with van der Waals surface area (Å²) >= 11 is 0. The fraction of sp³-hybridized carbons (Fsp3) is 0.957. The Labute approximate surface area is 156 Å². The largest absolute Gasteiger partial charge is 0.377 e. The zero-order chi connectivity index (χ0) is 18.0. The molecule has 0 aliphatic heterocycles. The molecule has 2 aliphatic carbocycles. The first-order chi connectivity index (χ1) is 12.2. The molecule has 25 heavy (non-hydrogen) atoms. The second-order valence-electron chi connectivity index (χ2n) is 8.93. The number of rotatable bonds is 10. The maximum Gasteiger partial charge on any atom is 0.0807 e. The summed E-state index contributed by atoms with van der Waals surface area (Å²) in [6.07, 6.45) is 19.7. The maximum absolute atomic E-state index is 9.79. The van der Waals surface area contributed by atoms with Gasteiger partial charge in [0.1, 0.15) is 0 Å². The second-order valence-corrected chi connectivity index (χ2v) is 8.93. The maximum atomic E-state index is 9.79. The fourth-order valence-corrected chi connectivity index (χ4v) is 4.94. The van der Waals surface area contributed by atoms with E-state index < -0.39 is 0 Å². The summed E-state index contributed by atoms with van der Waals surface area (Å²) in [5, 5.41) is 9.79. The molecule has 0 N–H and O–H groups in total. The molecule has 0 aromatic carbocycles. The van der Waals surface area contributed by atoms with Crippen LogP contribution in [0.3, 0.4) is 0 Å². The summed E-state index contributed by atoms with van der Waals surface area (Å²) in [6.45, 7) is 5.26. The Hall–Kier alpha value is -0.550. The Kier molecular flexibility index (Phi) is 9.32. The van der Waals surface area contributed by atoms with Crippen LogP contribution in [-0.2, 0) is 4.74 Å². The third-order valence-corrected chi connectivity index (χ3v) is 6.85. The van der Waals surface area contributed by atoms with E-state index in [4.69, 9.17) is 4.74 Å². The highest BCUT2D eigenvalue weighted by atomic mass is 16.5. The first-order valence-corrected chi connectivity index (χ1v) is 11.2. The summed E-state index contributed by atoms with van der Waals surface area (Å²) in [6, 6.07) is 2.66. The quantitative estimate of drug-likeness (QED) is 0.397. The van der Waals surface area contributed by atoms with E-state index in [1.165, 1.54) is 83.5 Å². The molecule has 0 saturated heterocycles. The van der Waals surface area contributed by atoms with Crippen LogP contribution < -0.4 is 0 Å². The third-order valence-electron chi connectivity index (χ3n) is 6.85. The Bertz CT molecular complexity index is 383. The lowest BCUT2D eigenvalue weighted by molar-refractivity contribution is -0.0299. The molecule has 2 heteroatoms. The number of ether oxygens (including phenoxy) is 1. The topological polar surface area (TPSA) is 33.0 Å². The predicted molar refractivity (Wildman–Crippen MR) is 105 cm³/mol. The molecule has 0 heterocycles. The van der Waals surface area contributed by atoms with Crippen LogP contribution in [0.15, 0.2) is 0 Å². The monoisotopic (exact) mass is 347 g/mol. The number of nitrogens with zero attached hydrogens (tertiary/aromatic N) is 1. The van der Waals surface area contributed by atoms with Gasteiger partial charge < -0.3 is 4.74 Å². The molecule has 0 unspecified atom stereocenters. The standard InChI is InChI=1S/C23H41NO/c1-3-5-6-7-9-21-14-16-23(18-24,17-15-21)19-25-22-12-10-20(8-4-2)11-13-22/h20-22H,3-17,19H2,1-2H3. The van der Waals surface area contributed by atoms with Crippen LogP contribution in [0.2, 0.25) is 0 Å². The smallest absolute Gasteiger partial charge is 0.0807 e. The highest BCUT2D eigenvalue weighted by molar-refractivity contribution is 5.02. The molecule has 0 amide bonds. The molecule has 0 radical (unpaired) electrons. The summed E-state index contributed by atoms with van der Waals surface area (Å²) in [7, 11) is 0. The van der Waals surface area contributed by atoms with Gasteiger partial charge in [0, 0.05) is 0 Å². The molecule has 144 valence electrons. The van der Waals surface area contributed by atoms with Gasteiger partial charge in [-0.25, -0.2) is 0 Å². The van der Waals surface area contributed by atoms with E-state index in [1.54, 1.807) is 0 Å². The molecule has 2 fully saturated rings. The van der Waals surface area contributed by atoms with Crippen molar-refractivity contribution in [1.82, 2.24) is 0 Å². The molecule has 2 rings (SSSR count). The lowest BCUT2D eigenvalue weighted by Gasteiger charge is -2.37. The average molecular weight is 348 g/mol. The van der Waals surface area contributed by atoms with E-state index in [2.05, 4.69) is 19.9 Å². The van der Waals surface area contributed by atoms with Gasteiger partial charge in [0.25, 0.3) is 0 Å². The summed E-state index contributed by atoms with van der Waals surface area (Å²) in [5.74, 6) is 1.79.